The zero-order valence-electron chi connectivity index (χ0n) is 9.79. The summed E-state index contributed by atoms with van der Waals surface area (Å²) in [6.07, 6.45) is 1.55. The Labute approximate surface area is 83.4 Å². The van der Waals surface area contributed by atoms with Crippen molar-refractivity contribution in [2.24, 2.45) is 5.92 Å². The molecule has 1 fully saturated rings. The lowest BCUT2D eigenvalue weighted by molar-refractivity contribution is 0.0185. The van der Waals surface area contributed by atoms with Gasteiger partial charge in [0.05, 0.1) is 0 Å². The third-order valence-electron chi connectivity index (χ3n) is 2.56. The normalized spacial score (nSPS) is 29.1. The van der Waals surface area contributed by atoms with E-state index in [-0.39, 0.29) is 0 Å². The van der Waals surface area contributed by atoms with Gasteiger partial charge in [0.2, 0.25) is 8.32 Å². The molecular weight excluding hydrogens is 178 g/mol. The molecule has 0 radical (unpaired) electrons. The van der Waals surface area contributed by atoms with Gasteiger partial charge >= 0.3 is 0 Å². The van der Waals surface area contributed by atoms with Crippen molar-refractivity contribution in [1.82, 2.24) is 4.90 Å². The highest BCUT2D eigenvalue weighted by molar-refractivity contribution is 6.71. The Kier molecular flexibility index (Phi) is 3.20. The summed E-state index contributed by atoms with van der Waals surface area (Å²) in [5.41, 5.74) is 0. The van der Waals surface area contributed by atoms with Crippen LogP contribution in [-0.2, 0) is 4.43 Å². The van der Waals surface area contributed by atoms with Gasteiger partial charge in [-0.3, -0.25) is 4.90 Å². The summed E-state index contributed by atoms with van der Waals surface area (Å²) in [6, 6.07) is 0.613. The predicted molar refractivity (Wildman–Crippen MR) is 59.0 cm³/mol. The fourth-order valence-corrected chi connectivity index (χ4v) is 4.52. The fraction of sp³-hybridized carbons (Fsp3) is 1.00. The van der Waals surface area contributed by atoms with Crippen LogP contribution in [0, 0.1) is 5.92 Å². The molecular formula is C10H23NOSi. The van der Waals surface area contributed by atoms with Gasteiger partial charge < -0.3 is 4.43 Å². The topological polar surface area (TPSA) is 12.5 Å². The zero-order valence-corrected chi connectivity index (χ0v) is 10.8. The molecule has 1 rings (SSSR count). The van der Waals surface area contributed by atoms with Gasteiger partial charge in [0.1, 0.15) is 6.23 Å². The van der Waals surface area contributed by atoms with Crippen molar-refractivity contribution in [3.63, 3.8) is 0 Å². The van der Waals surface area contributed by atoms with Crippen molar-refractivity contribution in [2.45, 2.75) is 53.1 Å². The van der Waals surface area contributed by atoms with Crippen LogP contribution in [0.2, 0.25) is 13.1 Å². The molecule has 13 heavy (non-hydrogen) atoms. The van der Waals surface area contributed by atoms with Gasteiger partial charge in [-0.15, -0.1) is 0 Å². The van der Waals surface area contributed by atoms with E-state index in [9.17, 15) is 0 Å². The highest BCUT2D eigenvalue weighted by atomic mass is 28.4. The van der Waals surface area contributed by atoms with Crippen molar-refractivity contribution in [1.29, 1.82) is 0 Å². The molecule has 0 bridgehead atoms. The van der Waals surface area contributed by atoms with E-state index in [2.05, 4.69) is 45.7 Å². The van der Waals surface area contributed by atoms with Crippen LogP contribution < -0.4 is 0 Å². The summed E-state index contributed by atoms with van der Waals surface area (Å²) < 4.78 is 6.15. The van der Waals surface area contributed by atoms with Crippen LogP contribution in [0.15, 0.2) is 0 Å². The SMILES string of the molecule is CC(C)C1O[Si](C)(C)CN1C(C)C. The van der Waals surface area contributed by atoms with E-state index in [1.807, 2.05) is 0 Å². The van der Waals surface area contributed by atoms with Gasteiger partial charge in [-0.25, -0.2) is 0 Å². The Balaban J connectivity index is 2.71. The van der Waals surface area contributed by atoms with E-state index in [0.29, 0.717) is 18.2 Å². The summed E-state index contributed by atoms with van der Waals surface area (Å²) in [5, 5.41) is 0. The van der Waals surface area contributed by atoms with Crippen LogP contribution in [0.1, 0.15) is 27.7 Å². The van der Waals surface area contributed by atoms with Gasteiger partial charge in [0, 0.05) is 12.2 Å². The van der Waals surface area contributed by atoms with E-state index < -0.39 is 8.32 Å². The smallest absolute Gasteiger partial charge is 0.202 e. The Hall–Kier alpha value is 0.137. The van der Waals surface area contributed by atoms with Gasteiger partial charge in [-0.05, 0) is 32.9 Å². The van der Waals surface area contributed by atoms with E-state index >= 15 is 0 Å². The maximum atomic E-state index is 6.15. The summed E-state index contributed by atoms with van der Waals surface area (Å²) in [6.45, 7) is 13.6. The van der Waals surface area contributed by atoms with E-state index in [1.165, 1.54) is 6.17 Å². The molecule has 0 amide bonds. The minimum atomic E-state index is -1.37. The van der Waals surface area contributed by atoms with Crippen molar-refractivity contribution in [3.8, 4) is 0 Å². The number of hydrogen-bond acceptors (Lipinski definition) is 2. The maximum Gasteiger partial charge on any atom is 0.202 e. The minimum absolute atomic E-state index is 0.363. The zero-order chi connectivity index (χ0) is 10.2. The molecule has 2 nitrogen and oxygen atoms in total. The van der Waals surface area contributed by atoms with Gasteiger partial charge in [0.15, 0.2) is 0 Å². The molecule has 0 aromatic heterocycles. The quantitative estimate of drug-likeness (QED) is 0.636. The van der Waals surface area contributed by atoms with Crippen LogP contribution in [0.25, 0.3) is 0 Å². The minimum Gasteiger partial charge on any atom is -0.400 e. The molecule has 0 saturated carbocycles. The molecule has 1 aliphatic rings. The second-order valence-corrected chi connectivity index (χ2v) is 9.35. The lowest BCUT2D eigenvalue weighted by Gasteiger charge is -2.29. The first-order valence-electron chi connectivity index (χ1n) is 5.27. The molecule has 1 aliphatic heterocycles. The first kappa shape index (κ1) is 11.2. The van der Waals surface area contributed by atoms with Crippen molar-refractivity contribution in [2.75, 3.05) is 6.17 Å². The van der Waals surface area contributed by atoms with Crippen LogP contribution in [0.5, 0.6) is 0 Å². The van der Waals surface area contributed by atoms with E-state index in [4.69, 9.17) is 4.43 Å². The lowest BCUT2D eigenvalue weighted by Crippen LogP contribution is -2.39. The van der Waals surface area contributed by atoms with Gasteiger partial charge in [-0.2, -0.15) is 0 Å². The van der Waals surface area contributed by atoms with Crippen molar-refractivity contribution >= 4 is 8.32 Å². The second kappa shape index (κ2) is 3.71. The Morgan fingerprint density at radius 1 is 1.23 bits per heavy atom. The summed E-state index contributed by atoms with van der Waals surface area (Å²) in [4.78, 5) is 2.51. The van der Waals surface area contributed by atoms with Crippen molar-refractivity contribution in [3.05, 3.63) is 0 Å². The van der Waals surface area contributed by atoms with Crippen LogP contribution in [-0.4, -0.2) is 31.7 Å². The molecule has 0 spiro atoms. The van der Waals surface area contributed by atoms with Gasteiger partial charge in [-0.1, -0.05) is 13.8 Å². The summed E-state index contributed by atoms with van der Waals surface area (Å²) >= 11 is 0. The number of rotatable bonds is 2. The molecule has 1 unspecified atom stereocenters. The fourth-order valence-electron chi connectivity index (χ4n) is 1.96. The molecule has 0 aromatic rings. The standard InChI is InChI=1S/C10H23NOSi/c1-8(2)10-11(9(3)4)7-13(5,6)12-10/h8-10H,7H2,1-6H3. The average Bonchev–Trinajstić information content (AvgIpc) is 2.26. The Bertz CT molecular complexity index is 162. The molecule has 78 valence electrons. The Morgan fingerprint density at radius 3 is 2.08 bits per heavy atom. The maximum absolute atomic E-state index is 6.15. The third kappa shape index (κ3) is 2.54. The molecule has 1 atom stereocenters. The molecule has 0 N–H and O–H groups in total. The number of nitrogens with zero attached hydrogens (tertiary/aromatic N) is 1. The highest BCUT2D eigenvalue weighted by Crippen LogP contribution is 2.28. The molecule has 0 aliphatic carbocycles. The van der Waals surface area contributed by atoms with E-state index in [0.717, 1.165) is 0 Å². The van der Waals surface area contributed by atoms with Crippen LogP contribution in [0.4, 0.5) is 0 Å². The number of hydrogen-bond donors (Lipinski definition) is 0. The molecule has 0 aromatic carbocycles. The molecule has 3 heteroatoms. The summed E-state index contributed by atoms with van der Waals surface area (Å²) in [7, 11) is -1.37. The van der Waals surface area contributed by atoms with Crippen LogP contribution >= 0.6 is 0 Å². The second-order valence-electron chi connectivity index (χ2n) is 5.28. The predicted octanol–water partition coefficient (Wildman–Crippen LogP) is 2.45. The average molecular weight is 201 g/mol. The van der Waals surface area contributed by atoms with Crippen LogP contribution in [0.3, 0.4) is 0 Å². The Morgan fingerprint density at radius 2 is 1.77 bits per heavy atom. The summed E-state index contributed by atoms with van der Waals surface area (Å²) in [5.74, 6) is 0.608. The lowest BCUT2D eigenvalue weighted by atomic mass is 10.1. The van der Waals surface area contributed by atoms with Crippen molar-refractivity contribution < 1.29 is 4.43 Å². The monoisotopic (exact) mass is 201 g/mol. The van der Waals surface area contributed by atoms with E-state index in [1.54, 1.807) is 0 Å². The largest absolute Gasteiger partial charge is 0.400 e. The molecule has 1 heterocycles. The third-order valence-corrected chi connectivity index (χ3v) is 4.57. The van der Waals surface area contributed by atoms with Gasteiger partial charge in [0.25, 0.3) is 0 Å². The molecule has 1 saturated heterocycles. The first-order valence-corrected chi connectivity index (χ1v) is 8.38. The first-order chi connectivity index (χ1) is 5.83. The highest BCUT2D eigenvalue weighted by Gasteiger charge is 2.42.